The topological polar surface area (TPSA) is 107 Å². The average molecular weight is 560 g/mol. The molecule has 1 heterocycles. The number of carbonyl (C=O) groups is 1. The van der Waals surface area contributed by atoms with E-state index in [2.05, 4.69) is 10.2 Å². The summed E-state index contributed by atoms with van der Waals surface area (Å²) in [6.07, 6.45) is -4.77. The van der Waals surface area contributed by atoms with E-state index >= 15 is 0 Å². The number of carboxylic acids is 1. The summed E-state index contributed by atoms with van der Waals surface area (Å²) in [7, 11) is 0. The van der Waals surface area contributed by atoms with Crippen LogP contribution in [0.2, 0.25) is 0 Å². The third kappa shape index (κ3) is 5.91. The van der Waals surface area contributed by atoms with E-state index < -0.39 is 18.6 Å². The van der Waals surface area contributed by atoms with Gasteiger partial charge in [0.15, 0.2) is 11.4 Å². The van der Waals surface area contributed by atoms with Crippen molar-refractivity contribution >= 4 is 28.2 Å². The molecule has 0 aliphatic carbocycles. The molecule has 7 nitrogen and oxygen atoms in total. The number of para-hydroxylation sites is 2. The van der Waals surface area contributed by atoms with Crippen LogP contribution in [-0.4, -0.2) is 32.0 Å². The molecule has 0 aliphatic rings. The second-order valence-electron chi connectivity index (χ2n) is 9.42. The van der Waals surface area contributed by atoms with Crippen LogP contribution in [0.4, 0.5) is 24.5 Å². The predicted molar refractivity (Wildman–Crippen MR) is 149 cm³/mol. The van der Waals surface area contributed by atoms with Crippen LogP contribution in [0.5, 0.6) is 11.6 Å². The standard InChI is InChI=1S/C31H24F3N3O4/c32-31(33,34)17-5-6-19-13-15-22(16-14-19)37-26-12-2-1-9-24(26)27(29(37)39)36-35-25-11-4-10-23(28(25)38)20-7-3-8-21(18-20)30(40)41/h1-4,7-16,18,38-39H,5-6,17H2,(H,40,41). The van der Waals surface area contributed by atoms with Crippen molar-refractivity contribution in [3.05, 3.63) is 102 Å². The van der Waals surface area contributed by atoms with Gasteiger partial charge in [-0.2, -0.15) is 13.2 Å². The SMILES string of the molecule is O=C(O)c1cccc(-c2cccc(N=Nc3c(O)n(-c4ccc(CCCC(F)(F)F)cc4)c4ccccc34)c2O)c1. The summed E-state index contributed by atoms with van der Waals surface area (Å²) in [6, 6.07) is 25.0. The second-order valence-corrected chi connectivity index (χ2v) is 9.42. The molecular weight excluding hydrogens is 535 g/mol. The number of aromatic carboxylic acids is 1. The Kier molecular flexibility index (Phi) is 7.47. The van der Waals surface area contributed by atoms with Gasteiger partial charge in [0.05, 0.1) is 11.1 Å². The Morgan fingerprint density at radius 1 is 0.854 bits per heavy atom. The molecule has 0 unspecified atom stereocenters. The number of carboxylic acid groups (broad SMARTS) is 1. The molecule has 1 aromatic heterocycles. The van der Waals surface area contributed by atoms with Gasteiger partial charge < -0.3 is 15.3 Å². The number of benzene rings is 4. The number of halogens is 3. The summed E-state index contributed by atoms with van der Waals surface area (Å²) in [5.74, 6) is -1.50. The quantitative estimate of drug-likeness (QED) is 0.165. The molecular formula is C31H24F3N3O4. The highest BCUT2D eigenvalue weighted by Crippen LogP contribution is 2.43. The monoisotopic (exact) mass is 559 g/mol. The van der Waals surface area contributed by atoms with Gasteiger partial charge in [0.1, 0.15) is 5.69 Å². The molecule has 0 saturated heterocycles. The third-order valence-corrected chi connectivity index (χ3v) is 6.64. The van der Waals surface area contributed by atoms with Crippen molar-refractivity contribution in [2.75, 3.05) is 0 Å². The minimum absolute atomic E-state index is 0.00980. The van der Waals surface area contributed by atoms with E-state index in [-0.39, 0.29) is 41.4 Å². The number of fused-ring (bicyclic) bond motifs is 1. The van der Waals surface area contributed by atoms with Gasteiger partial charge >= 0.3 is 12.1 Å². The molecule has 0 radical (unpaired) electrons. The first-order valence-electron chi connectivity index (χ1n) is 12.7. The third-order valence-electron chi connectivity index (χ3n) is 6.64. The van der Waals surface area contributed by atoms with E-state index in [0.29, 0.717) is 27.7 Å². The normalized spacial score (nSPS) is 11.9. The highest BCUT2D eigenvalue weighted by molar-refractivity contribution is 5.96. The summed E-state index contributed by atoms with van der Waals surface area (Å²) in [5, 5.41) is 40.5. The van der Waals surface area contributed by atoms with Crippen LogP contribution in [0.15, 0.2) is 101 Å². The van der Waals surface area contributed by atoms with Crippen LogP contribution in [0.25, 0.3) is 27.7 Å². The molecule has 0 amide bonds. The largest absolute Gasteiger partial charge is 0.505 e. The molecule has 4 aromatic carbocycles. The van der Waals surface area contributed by atoms with Crippen molar-refractivity contribution in [1.82, 2.24) is 4.57 Å². The number of alkyl halides is 3. The number of phenols is 1. The molecule has 208 valence electrons. The highest BCUT2D eigenvalue weighted by Gasteiger charge is 2.26. The number of hydrogen-bond acceptors (Lipinski definition) is 5. The number of aromatic hydroxyl groups is 2. The zero-order valence-corrected chi connectivity index (χ0v) is 21.5. The smallest absolute Gasteiger partial charge is 0.389 e. The Morgan fingerprint density at radius 2 is 1.59 bits per heavy atom. The fourth-order valence-corrected chi connectivity index (χ4v) is 4.64. The fourth-order valence-electron chi connectivity index (χ4n) is 4.64. The van der Waals surface area contributed by atoms with Crippen LogP contribution in [0, 0.1) is 0 Å². The van der Waals surface area contributed by atoms with E-state index in [4.69, 9.17) is 0 Å². The number of nitrogens with zero attached hydrogens (tertiary/aromatic N) is 3. The molecule has 41 heavy (non-hydrogen) atoms. The summed E-state index contributed by atoms with van der Waals surface area (Å²) >= 11 is 0. The minimum atomic E-state index is -4.19. The second kappa shape index (κ2) is 11.2. The summed E-state index contributed by atoms with van der Waals surface area (Å²) in [5.41, 5.74) is 3.16. The Hall–Kier alpha value is -5.12. The first kappa shape index (κ1) is 27.4. The van der Waals surface area contributed by atoms with Crippen molar-refractivity contribution in [2.45, 2.75) is 25.4 Å². The molecule has 3 N–H and O–H groups in total. The highest BCUT2D eigenvalue weighted by atomic mass is 19.4. The summed E-state index contributed by atoms with van der Waals surface area (Å²) in [4.78, 5) is 11.4. The van der Waals surface area contributed by atoms with E-state index in [0.717, 1.165) is 5.56 Å². The zero-order chi connectivity index (χ0) is 29.1. The maximum atomic E-state index is 12.5. The molecule has 5 rings (SSSR count). The Labute approximate surface area is 232 Å². The number of aryl methyl sites for hydroxylation is 1. The fraction of sp³-hybridized carbons (Fsp3) is 0.129. The summed E-state index contributed by atoms with van der Waals surface area (Å²) < 4.78 is 39.0. The molecule has 5 aromatic rings. The van der Waals surface area contributed by atoms with Gasteiger partial charge in [0, 0.05) is 23.1 Å². The van der Waals surface area contributed by atoms with Crippen molar-refractivity contribution in [3.63, 3.8) is 0 Å². The first-order chi connectivity index (χ1) is 19.6. The van der Waals surface area contributed by atoms with Crippen molar-refractivity contribution in [1.29, 1.82) is 0 Å². The molecule has 0 aliphatic heterocycles. The Bertz CT molecular complexity index is 1760. The molecule has 0 atom stereocenters. The number of phenolic OH excluding ortho intramolecular Hbond substituents is 1. The van der Waals surface area contributed by atoms with Crippen LogP contribution in [-0.2, 0) is 6.42 Å². The van der Waals surface area contributed by atoms with Crippen LogP contribution in [0.1, 0.15) is 28.8 Å². The lowest BCUT2D eigenvalue weighted by Gasteiger charge is -2.09. The first-order valence-corrected chi connectivity index (χ1v) is 12.7. The lowest BCUT2D eigenvalue weighted by molar-refractivity contribution is -0.135. The van der Waals surface area contributed by atoms with Gasteiger partial charge in [-0.1, -0.05) is 54.6 Å². The van der Waals surface area contributed by atoms with Gasteiger partial charge in [-0.3, -0.25) is 4.57 Å². The Balaban J connectivity index is 1.47. The van der Waals surface area contributed by atoms with Gasteiger partial charge in [-0.15, -0.1) is 10.2 Å². The van der Waals surface area contributed by atoms with Gasteiger partial charge in [0.25, 0.3) is 0 Å². The van der Waals surface area contributed by atoms with Gasteiger partial charge in [0.2, 0.25) is 5.88 Å². The maximum Gasteiger partial charge on any atom is 0.389 e. The molecule has 0 fully saturated rings. The van der Waals surface area contributed by atoms with E-state index in [9.17, 15) is 33.3 Å². The Morgan fingerprint density at radius 3 is 2.32 bits per heavy atom. The molecule has 0 spiro atoms. The number of rotatable bonds is 8. The van der Waals surface area contributed by atoms with Crippen LogP contribution in [0.3, 0.4) is 0 Å². The van der Waals surface area contributed by atoms with E-state index in [1.807, 2.05) is 0 Å². The van der Waals surface area contributed by atoms with Crippen LogP contribution < -0.4 is 0 Å². The van der Waals surface area contributed by atoms with Gasteiger partial charge in [-0.05, 0) is 60.4 Å². The van der Waals surface area contributed by atoms with Crippen molar-refractivity contribution in [2.24, 2.45) is 10.2 Å². The lowest BCUT2D eigenvalue weighted by atomic mass is 10.0. The molecule has 0 bridgehead atoms. The number of azo groups is 1. The lowest BCUT2D eigenvalue weighted by Crippen LogP contribution is -2.07. The predicted octanol–water partition coefficient (Wildman–Crippen LogP) is 8.71. The number of hydrogen-bond donors (Lipinski definition) is 3. The van der Waals surface area contributed by atoms with Crippen LogP contribution >= 0.6 is 0 Å². The minimum Gasteiger partial charge on any atom is -0.505 e. The van der Waals surface area contributed by atoms with Gasteiger partial charge in [-0.25, -0.2) is 4.79 Å². The van der Waals surface area contributed by atoms with E-state index in [1.165, 1.54) is 18.2 Å². The van der Waals surface area contributed by atoms with E-state index in [1.54, 1.807) is 77.4 Å². The summed E-state index contributed by atoms with van der Waals surface area (Å²) in [6.45, 7) is 0. The molecule has 10 heteroatoms. The zero-order valence-electron chi connectivity index (χ0n) is 21.5. The van der Waals surface area contributed by atoms with Crippen molar-refractivity contribution in [3.8, 4) is 28.4 Å². The van der Waals surface area contributed by atoms with Crippen molar-refractivity contribution < 1.29 is 33.3 Å². The average Bonchev–Trinajstić information content (AvgIpc) is 3.23. The molecule has 0 saturated carbocycles. The number of aromatic nitrogens is 1. The maximum absolute atomic E-state index is 12.5.